The molecule has 1 aliphatic rings. The van der Waals surface area contributed by atoms with Crippen molar-refractivity contribution in [1.29, 1.82) is 0 Å². The van der Waals surface area contributed by atoms with Crippen LogP contribution in [0.25, 0.3) is 0 Å². The summed E-state index contributed by atoms with van der Waals surface area (Å²) < 4.78 is 0. The first-order valence-corrected chi connectivity index (χ1v) is 5.19. The van der Waals surface area contributed by atoms with E-state index in [0.717, 1.165) is 0 Å². The van der Waals surface area contributed by atoms with Gasteiger partial charge in [0.05, 0.1) is 39.6 Å². The zero-order valence-electron chi connectivity index (χ0n) is 9.65. The molecule has 102 valence electrons. The Morgan fingerprint density at radius 2 is 0.889 bits per heavy atom. The van der Waals surface area contributed by atoms with E-state index in [4.69, 9.17) is 15.3 Å². The third-order valence-corrected chi connectivity index (χ3v) is 2.28. The Bertz CT molecular complexity index is 289. The molecule has 1 saturated heterocycles. The maximum absolute atomic E-state index is 10.6. The first kappa shape index (κ1) is 14.4. The van der Waals surface area contributed by atoms with Crippen LogP contribution in [-0.4, -0.2) is 87.6 Å². The summed E-state index contributed by atoms with van der Waals surface area (Å²) in [6.07, 6.45) is 0. The van der Waals surface area contributed by atoms with Gasteiger partial charge >= 0.3 is 17.9 Å². The molecule has 0 aliphatic carbocycles. The average molecular weight is 261 g/mol. The molecule has 0 spiro atoms. The van der Waals surface area contributed by atoms with Gasteiger partial charge in [0.15, 0.2) is 0 Å². The molecule has 0 amide bonds. The summed E-state index contributed by atoms with van der Waals surface area (Å²) in [6, 6.07) is 0. The van der Waals surface area contributed by atoms with Gasteiger partial charge in [-0.3, -0.25) is 29.1 Å². The van der Waals surface area contributed by atoms with Gasteiger partial charge in [-0.25, -0.2) is 0 Å². The number of carbonyl (C=O) groups is 3. The molecule has 9 nitrogen and oxygen atoms in total. The molecule has 3 N–H and O–H groups in total. The minimum absolute atomic E-state index is 0.189. The van der Waals surface area contributed by atoms with Gasteiger partial charge in [0.1, 0.15) is 0 Å². The summed E-state index contributed by atoms with van der Waals surface area (Å²) in [5.74, 6) is -3.12. The minimum Gasteiger partial charge on any atom is -0.480 e. The molecule has 1 heterocycles. The summed E-state index contributed by atoms with van der Waals surface area (Å²) in [5, 5.41) is 26.1. The number of hydrogen-bond acceptors (Lipinski definition) is 6. The van der Waals surface area contributed by atoms with Crippen molar-refractivity contribution in [3.8, 4) is 0 Å². The van der Waals surface area contributed by atoms with E-state index in [1.54, 1.807) is 0 Å². The molecule has 0 unspecified atom stereocenters. The summed E-state index contributed by atoms with van der Waals surface area (Å²) >= 11 is 0. The SMILES string of the molecule is O=C(O)CN1CN(CC(=O)O)CN(CC(=O)O)C1. The second-order valence-electron chi connectivity index (χ2n) is 4.09. The van der Waals surface area contributed by atoms with E-state index in [9.17, 15) is 14.4 Å². The van der Waals surface area contributed by atoms with Crippen molar-refractivity contribution in [2.45, 2.75) is 0 Å². The Morgan fingerprint density at radius 1 is 0.667 bits per heavy atom. The third kappa shape index (κ3) is 5.08. The molecule has 9 heteroatoms. The lowest BCUT2D eigenvalue weighted by Gasteiger charge is -2.40. The molecule has 1 rings (SSSR count). The molecule has 18 heavy (non-hydrogen) atoms. The molecule has 0 radical (unpaired) electrons. The van der Waals surface area contributed by atoms with E-state index >= 15 is 0 Å². The summed E-state index contributed by atoms with van der Waals surface area (Å²) in [5.41, 5.74) is 0. The van der Waals surface area contributed by atoms with E-state index in [1.165, 1.54) is 14.7 Å². The maximum Gasteiger partial charge on any atom is 0.317 e. The van der Waals surface area contributed by atoms with E-state index in [0.29, 0.717) is 0 Å². The molecular weight excluding hydrogens is 246 g/mol. The van der Waals surface area contributed by atoms with Crippen LogP contribution in [0, 0.1) is 0 Å². The second-order valence-corrected chi connectivity index (χ2v) is 4.09. The van der Waals surface area contributed by atoms with Gasteiger partial charge in [-0.1, -0.05) is 0 Å². The van der Waals surface area contributed by atoms with E-state index in [2.05, 4.69) is 0 Å². The van der Waals surface area contributed by atoms with Crippen molar-refractivity contribution in [3.05, 3.63) is 0 Å². The van der Waals surface area contributed by atoms with Crippen LogP contribution in [0.1, 0.15) is 0 Å². The Morgan fingerprint density at radius 3 is 1.06 bits per heavy atom. The quantitative estimate of drug-likeness (QED) is 0.499. The van der Waals surface area contributed by atoms with Crippen molar-refractivity contribution in [3.63, 3.8) is 0 Å². The smallest absolute Gasteiger partial charge is 0.317 e. The Labute approximate surface area is 103 Å². The van der Waals surface area contributed by atoms with Gasteiger partial charge in [0.2, 0.25) is 0 Å². The van der Waals surface area contributed by atoms with Crippen molar-refractivity contribution in [2.75, 3.05) is 39.6 Å². The Balaban J connectivity index is 2.62. The van der Waals surface area contributed by atoms with Crippen LogP contribution in [0.2, 0.25) is 0 Å². The predicted octanol–water partition coefficient (Wildman–Crippen LogP) is -1.97. The number of hydrogen-bond donors (Lipinski definition) is 3. The highest BCUT2D eigenvalue weighted by molar-refractivity contribution is 5.70. The van der Waals surface area contributed by atoms with Crippen molar-refractivity contribution in [2.24, 2.45) is 0 Å². The molecule has 1 aliphatic heterocycles. The van der Waals surface area contributed by atoms with Gasteiger partial charge in [-0.05, 0) is 0 Å². The van der Waals surface area contributed by atoms with E-state index in [-0.39, 0.29) is 39.6 Å². The number of carboxylic acid groups (broad SMARTS) is 3. The molecular formula is C9H15N3O6. The summed E-state index contributed by atoms with van der Waals surface area (Å²) in [7, 11) is 0. The minimum atomic E-state index is -1.04. The topological polar surface area (TPSA) is 122 Å². The van der Waals surface area contributed by atoms with Gasteiger partial charge < -0.3 is 15.3 Å². The summed E-state index contributed by atoms with van der Waals surface area (Å²) in [4.78, 5) is 36.3. The fourth-order valence-corrected chi connectivity index (χ4v) is 1.86. The molecule has 0 saturated carbocycles. The van der Waals surface area contributed by atoms with Crippen LogP contribution in [0.5, 0.6) is 0 Å². The Hall–Kier alpha value is -1.71. The fraction of sp³-hybridized carbons (Fsp3) is 0.667. The predicted molar refractivity (Wildman–Crippen MR) is 57.6 cm³/mol. The van der Waals surface area contributed by atoms with E-state index in [1.807, 2.05) is 0 Å². The lowest BCUT2D eigenvalue weighted by Crippen LogP contribution is -2.57. The molecule has 0 aromatic carbocycles. The number of rotatable bonds is 6. The van der Waals surface area contributed by atoms with Crippen LogP contribution in [0.15, 0.2) is 0 Å². The molecule has 0 atom stereocenters. The highest BCUT2D eigenvalue weighted by atomic mass is 16.4. The molecule has 1 fully saturated rings. The molecule has 0 bridgehead atoms. The lowest BCUT2D eigenvalue weighted by molar-refractivity contribution is -0.147. The van der Waals surface area contributed by atoms with Crippen molar-refractivity contribution < 1.29 is 29.7 Å². The number of aliphatic carboxylic acids is 3. The van der Waals surface area contributed by atoms with Crippen LogP contribution in [-0.2, 0) is 14.4 Å². The summed E-state index contributed by atoms with van der Waals surface area (Å²) in [6.45, 7) is -0.205. The van der Waals surface area contributed by atoms with E-state index < -0.39 is 17.9 Å². The zero-order chi connectivity index (χ0) is 13.7. The van der Waals surface area contributed by atoms with Crippen molar-refractivity contribution >= 4 is 17.9 Å². The average Bonchev–Trinajstić information content (AvgIpc) is 2.12. The Kier molecular flexibility index (Phi) is 5.01. The van der Waals surface area contributed by atoms with Gasteiger partial charge in [0.25, 0.3) is 0 Å². The van der Waals surface area contributed by atoms with Gasteiger partial charge in [-0.15, -0.1) is 0 Å². The van der Waals surface area contributed by atoms with Crippen LogP contribution < -0.4 is 0 Å². The largest absolute Gasteiger partial charge is 0.480 e. The maximum atomic E-state index is 10.6. The highest BCUT2D eigenvalue weighted by Crippen LogP contribution is 2.06. The normalized spacial score (nSPS) is 18.7. The van der Waals surface area contributed by atoms with Gasteiger partial charge in [-0.2, -0.15) is 0 Å². The molecule has 0 aromatic heterocycles. The highest BCUT2D eigenvalue weighted by Gasteiger charge is 2.26. The first-order valence-electron chi connectivity index (χ1n) is 5.19. The fourth-order valence-electron chi connectivity index (χ4n) is 1.86. The lowest BCUT2D eigenvalue weighted by atomic mass is 10.4. The molecule has 0 aromatic rings. The second kappa shape index (κ2) is 6.28. The number of carboxylic acids is 3. The van der Waals surface area contributed by atoms with Gasteiger partial charge in [0, 0.05) is 0 Å². The zero-order valence-corrected chi connectivity index (χ0v) is 9.65. The number of nitrogens with zero attached hydrogens (tertiary/aromatic N) is 3. The van der Waals surface area contributed by atoms with Crippen LogP contribution in [0.4, 0.5) is 0 Å². The standard InChI is InChI=1S/C9H15N3O6/c13-7(14)1-10-4-11(2-8(15)16)6-12(5-10)3-9(17)18/h1-6H2,(H,13,14)(H,15,16)(H,17,18). The van der Waals surface area contributed by atoms with Crippen molar-refractivity contribution in [1.82, 2.24) is 14.7 Å². The van der Waals surface area contributed by atoms with Crippen LogP contribution >= 0.6 is 0 Å². The van der Waals surface area contributed by atoms with Crippen LogP contribution in [0.3, 0.4) is 0 Å². The monoisotopic (exact) mass is 261 g/mol. The third-order valence-electron chi connectivity index (χ3n) is 2.28. The first-order chi connectivity index (χ1) is 8.36.